The molecule has 0 bridgehead atoms. The topological polar surface area (TPSA) is 29.5 Å². The van der Waals surface area contributed by atoms with Crippen molar-refractivity contribution in [2.75, 3.05) is 0 Å². The molecule has 0 spiro atoms. The summed E-state index contributed by atoms with van der Waals surface area (Å²) >= 11 is 0. The van der Waals surface area contributed by atoms with Crippen LogP contribution in [-0.2, 0) is 12.2 Å². The highest BCUT2D eigenvalue weighted by molar-refractivity contribution is 5.51. The molecule has 0 aliphatic carbocycles. The summed E-state index contributed by atoms with van der Waals surface area (Å²) < 4.78 is 5.76. The molecule has 1 aliphatic rings. The number of rotatable bonds is 1. The Morgan fingerprint density at radius 3 is 2.50 bits per heavy atom. The Morgan fingerprint density at radius 2 is 1.72 bits per heavy atom. The quantitative estimate of drug-likeness (QED) is 0.774. The molecule has 0 amide bonds. The number of ether oxygens (including phenoxy) is 1. The molecule has 0 fully saturated rings. The Labute approximate surface area is 106 Å². The van der Waals surface area contributed by atoms with Crippen molar-refractivity contribution in [2.24, 2.45) is 0 Å². The zero-order chi connectivity index (χ0) is 12.6. The van der Waals surface area contributed by atoms with E-state index in [0.717, 1.165) is 16.7 Å². The lowest BCUT2D eigenvalue weighted by Crippen LogP contribution is -2.24. The molecular formula is C16H14O2. The molecule has 0 saturated heterocycles. The Bertz CT molecular complexity index is 554. The summed E-state index contributed by atoms with van der Waals surface area (Å²) in [4.78, 5) is 0. The summed E-state index contributed by atoms with van der Waals surface area (Å²) in [5, 5.41) is 11.0. The molecule has 90 valence electrons. The van der Waals surface area contributed by atoms with Crippen LogP contribution >= 0.6 is 0 Å². The summed E-state index contributed by atoms with van der Waals surface area (Å²) in [5.41, 5.74) is 1.37. The number of aliphatic hydroxyl groups is 1. The second kappa shape index (κ2) is 4.00. The van der Waals surface area contributed by atoms with Gasteiger partial charge in [0.15, 0.2) is 0 Å². The maximum Gasteiger partial charge on any atom is 0.137 e. The molecule has 1 heterocycles. The number of hydrogen-bond donors (Lipinski definition) is 1. The Balaban J connectivity index is 2.32. The highest BCUT2D eigenvalue weighted by atomic mass is 16.5. The maximum absolute atomic E-state index is 11.0. The average molecular weight is 238 g/mol. The van der Waals surface area contributed by atoms with Gasteiger partial charge in [0, 0.05) is 5.56 Å². The van der Waals surface area contributed by atoms with Gasteiger partial charge in [-0.05, 0) is 17.2 Å². The molecule has 2 aromatic rings. The molecule has 0 aromatic heterocycles. The van der Waals surface area contributed by atoms with Crippen molar-refractivity contribution in [2.45, 2.75) is 12.2 Å². The van der Waals surface area contributed by atoms with Gasteiger partial charge < -0.3 is 9.84 Å². The number of para-hydroxylation sites is 1. The van der Waals surface area contributed by atoms with Crippen molar-refractivity contribution in [3.8, 4) is 5.75 Å². The van der Waals surface area contributed by atoms with E-state index >= 15 is 0 Å². The first-order valence-electron chi connectivity index (χ1n) is 5.92. The molecule has 1 N–H and O–H groups in total. The van der Waals surface area contributed by atoms with Crippen molar-refractivity contribution in [1.29, 1.82) is 0 Å². The fraction of sp³-hybridized carbons (Fsp3) is 0.125. The van der Waals surface area contributed by atoms with Crippen molar-refractivity contribution >= 4 is 0 Å². The van der Waals surface area contributed by atoms with Crippen LogP contribution in [0.15, 0.2) is 61.2 Å². The zero-order valence-corrected chi connectivity index (χ0v) is 9.97. The lowest BCUT2D eigenvalue weighted by atomic mass is 9.84. The summed E-state index contributed by atoms with van der Waals surface area (Å²) in [6, 6.07) is 15.3. The maximum atomic E-state index is 11.0. The van der Waals surface area contributed by atoms with Crippen molar-refractivity contribution in [3.05, 3.63) is 77.9 Å². The Hall–Kier alpha value is -2.06. The predicted molar refractivity (Wildman–Crippen MR) is 70.4 cm³/mol. The molecule has 1 aliphatic heterocycles. The standard InChI is InChI=1S/C16H14O2/c1-2-16(17)13-8-4-3-7-12(13)11-18-15-10-6-5-9-14(15)16/h2-10,17H,1,11H2. The minimum absolute atomic E-state index is 0.462. The monoisotopic (exact) mass is 238 g/mol. The van der Waals surface area contributed by atoms with E-state index in [-0.39, 0.29) is 0 Å². The fourth-order valence-electron chi connectivity index (χ4n) is 2.45. The third kappa shape index (κ3) is 1.46. The summed E-state index contributed by atoms with van der Waals surface area (Å²) in [5.74, 6) is 0.705. The van der Waals surface area contributed by atoms with Gasteiger partial charge >= 0.3 is 0 Å². The van der Waals surface area contributed by atoms with Crippen LogP contribution in [-0.4, -0.2) is 5.11 Å². The van der Waals surface area contributed by atoms with Crippen LogP contribution in [0, 0.1) is 0 Å². The van der Waals surface area contributed by atoms with Gasteiger partial charge in [-0.15, -0.1) is 0 Å². The lowest BCUT2D eigenvalue weighted by molar-refractivity contribution is 0.134. The van der Waals surface area contributed by atoms with Gasteiger partial charge in [-0.1, -0.05) is 55.1 Å². The first-order valence-corrected chi connectivity index (χ1v) is 5.92. The van der Waals surface area contributed by atoms with Gasteiger partial charge in [0.25, 0.3) is 0 Å². The highest BCUT2D eigenvalue weighted by Crippen LogP contribution is 2.40. The lowest BCUT2D eigenvalue weighted by Gasteiger charge is -2.26. The number of fused-ring (bicyclic) bond motifs is 2. The second-order valence-electron chi connectivity index (χ2n) is 4.41. The zero-order valence-electron chi connectivity index (χ0n) is 9.97. The van der Waals surface area contributed by atoms with Gasteiger partial charge in [0.1, 0.15) is 18.0 Å². The molecule has 0 radical (unpaired) electrons. The Morgan fingerprint density at radius 1 is 1.06 bits per heavy atom. The normalized spacial score (nSPS) is 21.2. The molecule has 1 atom stereocenters. The van der Waals surface area contributed by atoms with Crippen LogP contribution in [0.1, 0.15) is 16.7 Å². The fourth-order valence-corrected chi connectivity index (χ4v) is 2.45. The van der Waals surface area contributed by atoms with Gasteiger partial charge in [-0.2, -0.15) is 0 Å². The predicted octanol–water partition coefficient (Wildman–Crippen LogP) is 3.00. The molecule has 18 heavy (non-hydrogen) atoms. The third-order valence-corrected chi connectivity index (χ3v) is 3.40. The largest absolute Gasteiger partial charge is 0.488 e. The summed E-state index contributed by atoms with van der Waals surface area (Å²) in [6.07, 6.45) is 1.57. The molecule has 2 heteroatoms. The molecule has 2 aromatic carbocycles. The first-order chi connectivity index (χ1) is 8.75. The van der Waals surface area contributed by atoms with Crippen LogP contribution in [0.2, 0.25) is 0 Å². The van der Waals surface area contributed by atoms with Crippen molar-refractivity contribution in [3.63, 3.8) is 0 Å². The van der Waals surface area contributed by atoms with E-state index in [4.69, 9.17) is 4.74 Å². The SMILES string of the molecule is C=CC1(O)c2ccccc2COc2ccccc21. The molecule has 0 saturated carbocycles. The van der Waals surface area contributed by atoms with Gasteiger partial charge in [0.05, 0.1) is 0 Å². The van der Waals surface area contributed by atoms with E-state index in [1.54, 1.807) is 6.08 Å². The highest BCUT2D eigenvalue weighted by Gasteiger charge is 2.35. The van der Waals surface area contributed by atoms with E-state index in [2.05, 4.69) is 6.58 Å². The van der Waals surface area contributed by atoms with Gasteiger partial charge in [-0.3, -0.25) is 0 Å². The van der Waals surface area contributed by atoms with Gasteiger partial charge in [-0.25, -0.2) is 0 Å². The van der Waals surface area contributed by atoms with Crippen LogP contribution in [0.25, 0.3) is 0 Å². The molecular weight excluding hydrogens is 224 g/mol. The third-order valence-electron chi connectivity index (χ3n) is 3.40. The minimum atomic E-state index is -1.19. The minimum Gasteiger partial charge on any atom is -0.488 e. The van der Waals surface area contributed by atoms with Crippen molar-refractivity contribution < 1.29 is 9.84 Å². The van der Waals surface area contributed by atoms with E-state index in [1.165, 1.54) is 0 Å². The van der Waals surface area contributed by atoms with E-state index < -0.39 is 5.60 Å². The van der Waals surface area contributed by atoms with E-state index in [0.29, 0.717) is 12.4 Å². The average Bonchev–Trinajstić information content (AvgIpc) is 2.56. The van der Waals surface area contributed by atoms with Gasteiger partial charge in [0.2, 0.25) is 0 Å². The summed E-state index contributed by atoms with van der Waals surface area (Å²) in [6.45, 7) is 4.25. The van der Waals surface area contributed by atoms with E-state index in [1.807, 2.05) is 48.5 Å². The molecule has 3 rings (SSSR count). The summed E-state index contributed by atoms with van der Waals surface area (Å²) in [7, 11) is 0. The second-order valence-corrected chi connectivity index (χ2v) is 4.41. The van der Waals surface area contributed by atoms with Crippen LogP contribution in [0.3, 0.4) is 0 Å². The first kappa shape index (κ1) is 11.1. The van der Waals surface area contributed by atoms with Crippen LogP contribution in [0.5, 0.6) is 5.75 Å². The van der Waals surface area contributed by atoms with Crippen molar-refractivity contribution in [1.82, 2.24) is 0 Å². The molecule has 2 nitrogen and oxygen atoms in total. The Kier molecular flexibility index (Phi) is 2.46. The number of hydrogen-bond acceptors (Lipinski definition) is 2. The van der Waals surface area contributed by atoms with Crippen LogP contribution < -0.4 is 4.74 Å². The molecule has 1 unspecified atom stereocenters. The number of benzene rings is 2. The van der Waals surface area contributed by atoms with Crippen LogP contribution in [0.4, 0.5) is 0 Å². The smallest absolute Gasteiger partial charge is 0.137 e. The van der Waals surface area contributed by atoms with E-state index in [9.17, 15) is 5.11 Å².